The molecule has 2 unspecified atom stereocenters. The summed E-state index contributed by atoms with van der Waals surface area (Å²) in [6.07, 6.45) is 3.39. The molecule has 0 aromatic heterocycles. The van der Waals surface area contributed by atoms with E-state index < -0.39 is 5.60 Å². The van der Waals surface area contributed by atoms with Crippen LogP contribution in [0.3, 0.4) is 0 Å². The Bertz CT molecular complexity index is 575. The Hall–Kier alpha value is -0.510. The van der Waals surface area contributed by atoms with E-state index in [4.69, 9.17) is 0 Å². The van der Waals surface area contributed by atoms with Crippen molar-refractivity contribution >= 4 is 41.7 Å². The second-order valence-electron chi connectivity index (χ2n) is 7.27. The molecule has 0 radical (unpaired) electrons. The number of benzene rings is 1. The van der Waals surface area contributed by atoms with Gasteiger partial charge in [0, 0.05) is 18.8 Å². The van der Waals surface area contributed by atoms with Crippen LogP contribution >= 0.6 is 35.7 Å². The van der Waals surface area contributed by atoms with Crippen molar-refractivity contribution in [1.82, 2.24) is 15.5 Å². The molecule has 1 aromatic carbocycles. The summed E-state index contributed by atoms with van der Waals surface area (Å²) in [5.41, 5.74) is 0.712. The van der Waals surface area contributed by atoms with Gasteiger partial charge in [-0.1, -0.05) is 30.3 Å². The average Bonchev–Trinajstić information content (AvgIpc) is 3.33. The first kappa shape index (κ1) is 22.8. The van der Waals surface area contributed by atoms with E-state index in [9.17, 15) is 5.11 Å². The fourth-order valence-electron chi connectivity index (χ4n) is 3.67. The molecule has 2 aliphatic rings. The number of guanidine groups is 1. The van der Waals surface area contributed by atoms with Gasteiger partial charge in [-0.05, 0) is 50.6 Å². The predicted molar refractivity (Wildman–Crippen MR) is 126 cm³/mol. The summed E-state index contributed by atoms with van der Waals surface area (Å²) in [5.74, 6) is 2.62. The molecular weight excluding hydrogens is 471 g/mol. The summed E-state index contributed by atoms with van der Waals surface area (Å²) in [7, 11) is 0. The molecule has 0 aliphatic carbocycles. The minimum atomic E-state index is -0.638. The lowest BCUT2D eigenvalue weighted by Crippen LogP contribution is -2.44. The summed E-state index contributed by atoms with van der Waals surface area (Å²) < 4.78 is 0. The lowest BCUT2D eigenvalue weighted by Gasteiger charge is -2.29. The highest BCUT2D eigenvalue weighted by atomic mass is 127. The Kier molecular flexibility index (Phi) is 9.69. The molecular formula is C20H33IN4OS. The Balaban J connectivity index is 0.00000261. The highest BCUT2D eigenvalue weighted by molar-refractivity contribution is 14.0. The molecule has 0 amide bonds. The van der Waals surface area contributed by atoms with Gasteiger partial charge in [0.1, 0.15) is 0 Å². The van der Waals surface area contributed by atoms with Crippen molar-refractivity contribution in [3.8, 4) is 0 Å². The molecule has 2 heterocycles. The SMILES string of the molecule is CCNC(=NCC1(O)CCSC1)NCC(c1ccccc1)N1CCCC1.I. The molecule has 0 saturated carbocycles. The van der Waals surface area contributed by atoms with E-state index in [0.717, 1.165) is 50.1 Å². The number of likely N-dealkylation sites (tertiary alicyclic amines) is 1. The summed E-state index contributed by atoms with van der Waals surface area (Å²) in [6.45, 7) is 6.50. The van der Waals surface area contributed by atoms with Crippen LogP contribution in [-0.4, -0.2) is 65.8 Å². The van der Waals surface area contributed by atoms with Crippen LogP contribution in [0.5, 0.6) is 0 Å². The van der Waals surface area contributed by atoms with Crippen molar-refractivity contribution in [3.63, 3.8) is 0 Å². The molecule has 0 bridgehead atoms. The number of thioether (sulfide) groups is 1. The maximum atomic E-state index is 10.5. The number of nitrogens with zero attached hydrogens (tertiary/aromatic N) is 2. The number of hydrogen-bond donors (Lipinski definition) is 3. The van der Waals surface area contributed by atoms with Crippen molar-refractivity contribution in [2.75, 3.05) is 44.2 Å². The number of hydrogen-bond acceptors (Lipinski definition) is 4. The monoisotopic (exact) mass is 504 g/mol. The molecule has 2 atom stereocenters. The fraction of sp³-hybridized carbons (Fsp3) is 0.650. The Labute approximate surface area is 184 Å². The van der Waals surface area contributed by atoms with Gasteiger partial charge in [-0.25, -0.2) is 0 Å². The number of nitrogens with one attached hydrogen (secondary N) is 2. The van der Waals surface area contributed by atoms with Crippen molar-refractivity contribution in [2.45, 2.75) is 37.8 Å². The van der Waals surface area contributed by atoms with Crippen LogP contribution in [0, 0.1) is 0 Å². The summed E-state index contributed by atoms with van der Waals surface area (Å²) >= 11 is 1.81. The van der Waals surface area contributed by atoms with Crippen LogP contribution in [0.1, 0.15) is 37.8 Å². The third-order valence-electron chi connectivity index (χ3n) is 5.19. The van der Waals surface area contributed by atoms with E-state index in [0.29, 0.717) is 12.6 Å². The molecule has 7 heteroatoms. The zero-order valence-corrected chi connectivity index (χ0v) is 19.3. The van der Waals surface area contributed by atoms with Gasteiger partial charge >= 0.3 is 0 Å². The minimum absolute atomic E-state index is 0. The van der Waals surface area contributed by atoms with Gasteiger partial charge in [0.15, 0.2) is 5.96 Å². The van der Waals surface area contributed by atoms with Gasteiger partial charge < -0.3 is 15.7 Å². The van der Waals surface area contributed by atoms with Crippen LogP contribution < -0.4 is 10.6 Å². The molecule has 3 rings (SSSR count). The van der Waals surface area contributed by atoms with Crippen LogP contribution in [0.25, 0.3) is 0 Å². The van der Waals surface area contributed by atoms with Crippen molar-refractivity contribution in [2.24, 2.45) is 4.99 Å². The quantitative estimate of drug-likeness (QED) is 0.303. The van der Waals surface area contributed by atoms with E-state index in [1.807, 2.05) is 11.8 Å². The van der Waals surface area contributed by atoms with Crippen LogP contribution in [0.15, 0.2) is 35.3 Å². The Morgan fingerprint density at radius 2 is 2.00 bits per heavy atom. The first-order chi connectivity index (χ1) is 12.7. The molecule has 3 N–H and O–H groups in total. The first-order valence-electron chi connectivity index (χ1n) is 9.81. The Morgan fingerprint density at radius 3 is 2.63 bits per heavy atom. The smallest absolute Gasteiger partial charge is 0.191 e. The van der Waals surface area contributed by atoms with E-state index >= 15 is 0 Å². The fourth-order valence-corrected chi connectivity index (χ4v) is 4.95. The lowest BCUT2D eigenvalue weighted by atomic mass is 10.0. The molecule has 5 nitrogen and oxygen atoms in total. The average molecular weight is 504 g/mol. The van der Waals surface area contributed by atoms with Gasteiger partial charge in [-0.3, -0.25) is 9.89 Å². The molecule has 2 aliphatic heterocycles. The van der Waals surface area contributed by atoms with Gasteiger partial charge in [-0.15, -0.1) is 24.0 Å². The normalized spacial score (nSPS) is 24.4. The minimum Gasteiger partial charge on any atom is -0.387 e. The number of rotatable bonds is 7. The highest BCUT2D eigenvalue weighted by Gasteiger charge is 2.31. The zero-order chi connectivity index (χ0) is 18.2. The van der Waals surface area contributed by atoms with Gasteiger partial charge in [0.2, 0.25) is 0 Å². The third kappa shape index (κ3) is 6.80. The van der Waals surface area contributed by atoms with E-state index in [-0.39, 0.29) is 24.0 Å². The molecule has 27 heavy (non-hydrogen) atoms. The van der Waals surface area contributed by atoms with Crippen LogP contribution in [-0.2, 0) is 0 Å². The second-order valence-corrected chi connectivity index (χ2v) is 8.38. The number of aliphatic hydroxyl groups is 1. The maximum absolute atomic E-state index is 10.5. The predicted octanol–water partition coefficient (Wildman–Crippen LogP) is 2.86. The largest absolute Gasteiger partial charge is 0.387 e. The second kappa shape index (κ2) is 11.5. The van der Waals surface area contributed by atoms with E-state index in [1.54, 1.807) is 0 Å². The van der Waals surface area contributed by atoms with Crippen LogP contribution in [0.4, 0.5) is 0 Å². The van der Waals surface area contributed by atoms with Crippen molar-refractivity contribution in [3.05, 3.63) is 35.9 Å². The molecule has 2 fully saturated rings. The first-order valence-corrected chi connectivity index (χ1v) is 11.0. The lowest BCUT2D eigenvalue weighted by molar-refractivity contribution is 0.0778. The van der Waals surface area contributed by atoms with Gasteiger partial charge in [-0.2, -0.15) is 11.8 Å². The molecule has 1 aromatic rings. The number of halogens is 1. The molecule has 2 saturated heterocycles. The van der Waals surface area contributed by atoms with Crippen LogP contribution in [0.2, 0.25) is 0 Å². The van der Waals surface area contributed by atoms with E-state index in [1.165, 1.54) is 18.4 Å². The topological polar surface area (TPSA) is 59.9 Å². The zero-order valence-electron chi connectivity index (χ0n) is 16.2. The Morgan fingerprint density at radius 1 is 1.26 bits per heavy atom. The maximum Gasteiger partial charge on any atom is 0.191 e. The molecule has 0 spiro atoms. The summed E-state index contributed by atoms with van der Waals surface area (Å²) in [4.78, 5) is 7.23. The highest BCUT2D eigenvalue weighted by Crippen LogP contribution is 2.28. The van der Waals surface area contributed by atoms with Crippen molar-refractivity contribution < 1.29 is 5.11 Å². The standard InChI is InChI=1S/C20H32N4OS.HI/c1-2-21-19(23-15-20(25)10-13-26-16-20)22-14-18(24-11-6-7-12-24)17-8-4-3-5-9-17;/h3-5,8-9,18,25H,2,6-7,10-16H2,1H3,(H2,21,22,23);1H. The van der Waals surface area contributed by atoms with E-state index in [2.05, 4.69) is 57.8 Å². The number of aliphatic imine (C=N–C) groups is 1. The summed E-state index contributed by atoms with van der Waals surface area (Å²) in [5, 5.41) is 17.4. The summed E-state index contributed by atoms with van der Waals surface area (Å²) in [6, 6.07) is 11.1. The van der Waals surface area contributed by atoms with Gasteiger partial charge in [0.25, 0.3) is 0 Å². The molecule has 152 valence electrons. The van der Waals surface area contributed by atoms with Crippen molar-refractivity contribution in [1.29, 1.82) is 0 Å². The van der Waals surface area contributed by atoms with Gasteiger partial charge in [0.05, 0.1) is 18.2 Å². The third-order valence-corrected chi connectivity index (χ3v) is 6.42.